The summed E-state index contributed by atoms with van der Waals surface area (Å²) in [4.78, 5) is 11.1. The highest BCUT2D eigenvalue weighted by atomic mass is 16.4. The molecule has 3 heteroatoms. The minimum atomic E-state index is -0.612. The zero-order valence-corrected chi connectivity index (χ0v) is 14.1. The van der Waals surface area contributed by atoms with Crippen molar-refractivity contribution in [2.75, 3.05) is 0 Å². The van der Waals surface area contributed by atoms with Gasteiger partial charge < -0.3 is 10.4 Å². The quantitative estimate of drug-likeness (QED) is 0.876. The average Bonchev–Trinajstić information content (AvgIpc) is 2.55. The average molecular weight is 315 g/mol. The standard InChI is InChI=1S/C20H29NO2/c1-14-11-17(15-5-3-2-4-6-15)13-19(12-14)21-18-9-7-16(8-10-18)20(22)23/h2-6,14,16-19,21H,7-13H2,1H3,(H,22,23). The van der Waals surface area contributed by atoms with Crippen molar-refractivity contribution in [3.63, 3.8) is 0 Å². The van der Waals surface area contributed by atoms with Gasteiger partial charge in [0.05, 0.1) is 5.92 Å². The Morgan fingerprint density at radius 1 is 1.00 bits per heavy atom. The van der Waals surface area contributed by atoms with E-state index in [0.29, 0.717) is 18.0 Å². The van der Waals surface area contributed by atoms with Gasteiger partial charge in [0.1, 0.15) is 0 Å². The van der Waals surface area contributed by atoms with Gasteiger partial charge in [0, 0.05) is 12.1 Å². The van der Waals surface area contributed by atoms with E-state index in [1.54, 1.807) is 0 Å². The molecule has 0 radical (unpaired) electrons. The normalized spacial score (nSPS) is 34.9. The van der Waals surface area contributed by atoms with Gasteiger partial charge in [-0.05, 0) is 62.3 Å². The monoisotopic (exact) mass is 315 g/mol. The summed E-state index contributed by atoms with van der Waals surface area (Å²) in [7, 11) is 0. The van der Waals surface area contributed by atoms with E-state index in [9.17, 15) is 4.79 Å². The van der Waals surface area contributed by atoms with Gasteiger partial charge >= 0.3 is 5.97 Å². The molecule has 2 aliphatic carbocycles. The van der Waals surface area contributed by atoms with E-state index >= 15 is 0 Å². The summed E-state index contributed by atoms with van der Waals surface area (Å²) in [6.07, 6.45) is 7.44. The van der Waals surface area contributed by atoms with Gasteiger partial charge in [0.2, 0.25) is 0 Å². The first-order valence-electron chi connectivity index (χ1n) is 9.15. The van der Waals surface area contributed by atoms with Crippen molar-refractivity contribution in [3.05, 3.63) is 35.9 Å². The molecular weight excluding hydrogens is 286 g/mol. The van der Waals surface area contributed by atoms with Crippen LogP contribution >= 0.6 is 0 Å². The summed E-state index contributed by atoms with van der Waals surface area (Å²) in [6, 6.07) is 12.0. The van der Waals surface area contributed by atoms with Crippen molar-refractivity contribution in [1.82, 2.24) is 5.32 Å². The van der Waals surface area contributed by atoms with Crippen LogP contribution in [0.25, 0.3) is 0 Å². The maximum absolute atomic E-state index is 11.1. The van der Waals surface area contributed by atoms with Gasteiger partial charge in [0.25, 0.3) is 0 Å². The molecule has 2 saturated carbocycles. The minimum Gasteiger partial charge on any atom is -0.481 e. The molecule has 0 spiro atoms. The molecule has 2 N–H and O–H groups in total. The van der Waals surface area contributed by atoms with Crippen LogP contribution in [0, 0.1) is 11.8 Å². The number of nitrogens with one attached hydrogen (secondary N) is 1. The molecule has 3 unspecified atom stereocenters. The van der Waals surface area contributed by atoms with Crippen LogP contribution in [0.5, 0.6) is 0 Å². The third kappa shape index (κ3) is 4.35. The van der Waals surface area contributed by atoms with E-state index in [2.05, 4.69) is 42.6 Å². The Morgan fingerprint density at radius 3 is 2.35 bits per heavy atom. The second-order valence-electron chi connectivity index (χ2n) is 7.67. The molecule has 0 heterocycles. The van der Waals surface area contributed by atoms with Crippen molar-refractivity contribution in [2.45, 2.75) is 69.9 Å². The van der Waals surface area contributed by atoms with E-state index < -0.39 is 5.97 Å². The Bertz CT molecular complexity index is 508. The zero-order valence-electron chi connectivity index (χ0n) is 14.1. The summed E-state index contributed by atoms with van der Waals surface area (Å²) in [5, 5.41) is 13.0. The Hall–Kier alpha value is -1.35. The molecule has 23 heavy (non-hydrogen) atoms. The maximum Gasteiger partial charge on any atom is 0.306 e. The molecule has 0 amide bonds. The van der Waals surface area contributed by atoms with Crippen LogP contribution in [0.2, 0.25) is 0 Å². The number of carboxylic acids is 1. The number of aliphatic carboxylic acids is 1. The fourth-order valence-electron chi connectivity index (χ4n) is 4.58. The fraction of sp³-hybridized carbons (Fsp3) is 0.650. The fourth-order valence-corrected chi connectivity index (χ4v) is 4.58. The maximum atomic E-state index is 11.1. The van der Waals surface area contributed by atoms with Crippen molar-refractivity contribution >= 4 is 5.97 Å². The number of hydrogen-bond donors (Lipinski definition) is 2. The Kier molecular flexibility index (Phi) is 5.37. The molecule has 0 saturated heterocycles. The lowest BCUT2D eigenvalue weighted by Crippen LogP contribution is -2.44. The number of hydrogen-bond acceptors (Lipinski definition) is 2. The minimum absolute atomic E-state index is 0.115. The largest absolute Gasteiger partial charge is 0.481 e. The SMILES string of the molecule is CC1CC(NC2CCC(C(=O)O)CC2)CC(c2ccccc2)C1. The molecule has 0 aliphatic heterocycles. The van der Waals surface area contributed by atoms with E-state index in [-0.39, 0.29) is 5.92 Å². The molecule has 1 aromatic rings. The van der Waals surface area contributed by atoms with Crippen LogP contribution in [0.1, 0.15) is 63.4 Å². The van der Waals surface area contributed by atoms with Crippen molar-refractivity contribution < 1.29 is 9.90 Å². The Labute approximate surface area is 139 Å². The molecular formula is C20H29NO2. The number of carbonyl (C=O) groups is 1. The van der Waals surface area contributed by atoms with E-state index in [1.165, 1.54) is 24.8 Å². The predicted octanol–water partition coefficient (Wildman–Crippen LogP) is 4.19. The van der Waals surface area contributed by atoms with Gasteiger partial charge in [-0.3, -0.25) is 4.79 Å². The molecule has 0 bridgehead atoms. The number of carboxylic acid groups (broad SMARTS) is 1. The van der Waals surface area contributed by atoms with Gasteiger partial charge in [-0.15, -0.1) is 0 Å². The summed E-state index contributed by atoms with van der Waals surface area (Å²) in [6.45, 7) is 2.37. The highest BCUT2D eigenvalue weighted by molar-refractivity contribution is 5.70. The lowest BCUT2D eigenvalue weighted by molar-refractivity contribution is -0.142. The molecule has 3 rings (SSSR count). The molecule has 126 valence electrons. The lowest BCUT2D eigenvalue weighted by atomic mass is 9.75. The molecule has 0 aromatic heterocycles. The van der Waals surface area contributed by atoms with Crippen molar-refractivity contribution in [1.29, 1.82) is 0 Å². The Morgan fingerprint density at radius 2 is 1.70 bits per heavy atom. The predicted molar refractivity (Wildman–Crippen MR) is 92.5 cm³/mol. The lowest BCUT2D eigenvalue weighted by Gasteiger charge is -2.38. The highest BCUT2D eigenvalue weighted by Crippen LogP contribution is 2.37. The molecule has 2 aliphatic rings. The summed E-state index contributed by atoms with van der Waals surface area (Å²) >= 11 is 0. The third-order valence-corrected chi connectivity index (χ3v) is 5.76. The van der Waals surface area contributed by atoms with Crippen LogP contribution in [-0.4, -0.2) is 23.2 Å². The van der Waals surface area contributed by atoms with Crippen molar-refractivity contribution in [3.8, 4) is 0 Å². The second-order valence-corrected chi connectivity index (χ2v) is 7.67. The highest BCUT2D eigenvalue weighted by Gasteiger charge is 2.31. The zero-order chi connectivity index (χ0) is 16.2. The van der Waals surface area contributed by atoms with Crippen LogP contribution < -0.4 is 5.32 Å². The third-order valence-electron chi connectivity index (χ3n) is 5.76. The van der Waals surface area contributed by atoms with Gasteiger partial charge in [0.15, 0.2) is 0 Å². The van der Waals surface area contributed by atoms with Gasteiger partial charge in [-0.2, -0.15) is 0 Å². The van der Waals surface area contributed by atoms with E-state index in [1.807, 2.05) is 0 Å². The summed E-state index contributed by atoms with van der Waals surface area (Å²) in [5.41, 5.74) is 1.47. The smallest absolute Gasteiger partial charge is 0.306 e. The van der Waals surface area contributed by atoms with Gasteiger partial charge in [-0.25, -0.2) is 0 Å². The van der Waals surface area contributed by atoms with Gasteiger partial charge in [-0.1, -0.05) is 37.3 Å². The first-order valence-corrected chi connectivity index (χ1v) is 9.15. The summed E-state index contributed by atoms with van der Waals surface area (Å²) < 4.78 is 0. The molecule has 1 aromatic carbocycles. The summed E-state index contributed by atoms with van der Waals surface area (Å²) in [5.74, 6) is 0.684. The first-order chi connectivity index (χ1) is 11.1. The van der Waals surface area contributed by atoms with Crippen LogP contribution in [-0.2, 0) is 4.79 Å². The molecule has 2 fully saturated rings. The Balaban J connectivity index is 1.55. The number of benzene rings is 1. The molecule has 3 nitrogen and oxygen atoms in total. The van der Waals surface area contributed by atoms with Crippen molar-refractivity contribution in [2.24, 2.45) is 11.8 Å². The molecule has 3 atom stereocenters. The second kappa shape index (κ2) is 7.48. The number of rotatable bonds is 4. The first kappa shape index (κ1) is 16.5. The van der Waals surface area contributed by atoms with Crippen LogP contribution in [0.4, 0.5) is 0 Å². The van der Waals surface area contributed by atoms with E-state index in [4.69, 9.17) is 5.11 Å². The van der Waals surface area contributed by atoms with Crippen LogP contribution in [0.15, 0.2) is 30.3 Å². The van der Waals surface area contributed by atoms with Crippen LogP contribution in [0.3, 0.4) is 0 Å². The topological polar surface area (TPSA) is 49.3 Å². The van der Waals surface area contributed by atoms with E-state index in [0.717, 1.165) is 31.6 Å².